The van der Waals surface area contributed by atoms with Gasteiger partial charge in [0.05, 0.1) is 5.69 Å². The van der Waals surface area contributed by atoms with Crippen LogP contribution in [-0.2, 0) is 15.8 Å². The topological polar surface area (TPSA) is 58.5 Å². The second kappa shape index (κ2) is 5.73. The molecule has 3 rings (SSSR count). The van der Waals surface area contributed by atoms with Gasteiger partial charge in [0.15, 0.2) is 5.17 Å². The third kappa shape index (κ3) is 3.00. The number of anilines is 1. The van der Waals surface area contributed by atoms with E-state index in [1.807, 2.05) is 6.92 Å². The molecule has 0 fully saturated rings. The summed E-state index contributed by atoms with van der Waals surface area (Å²) in [4.78, 5) is 0.161. The summed E-state index contributed by atoms with van der Waals surface area (Å²) in [6.45, 7) is 1.88. The lowest BCUT2D eigenvalue weighted by molar-refractivity contribution is 0.598. The van der Waals surface area contributed by atoms with E-state index in [2.05, 4.69) is 9.71 Å². The van der Waals surface area contributed by atoms with E-state index >= 15 is 0 Å². The highest BCUT2D eigenvalue weighted by Crippen LogP contribution is 2.31. The summed E-state index contributed by atoms with van der Waals surface area (Å²) in [5.41, 5.74) is 1.96. The third-order valence-corrected chi connectivity index (χ3v) is 5.55. The third-order valence-electron chi connectivity index (χ3n) is 3.18. The number of benzene rings is 2. The van der Waals surface area contributed by atoms with Crippen molar-refractivity contribution in [3.63, 3.8) is 0 Å². The molecule has 0 radical (unpaired) electrons. The van der Waals surface area contributed by atoms with Crippen LogP contribution in [0.25, 0.3) is 0 Å². The maximum atomic E-state index is 13.6. The number of amidine groups is 1. The van der Waals surface area contributed by atoms with Gasteiger partial charge in [0.25, 0.3) is 10.0 Å². The van der Waals surface area contributed by atoms with Crippen molar-refractivity contribution in [2.24, 2.45) is 4.40 Å². The molecule has 0 aromatic heterocycles. The summed E-state index contributed by atoms with van der Waals surface area (Å²) in [7, 11) is -3.71. The smallest absolute Gasteiger partial charge is 0.286 e. The van der Waals surface area contributed by atoms with Crippen molar-refractivity contribution in [3.8, 4) is 0 Å². The highest BCUT2D eigenvalue weighted by atomic mass is 32.2. The molecule has 0 saturated heterocycles. The molecule has 114 valence electrons. The second-order valence-corrected chi connectivity index (χ2v) is 7.41. The minimum absolute atomic E-state index is 0.161. The van der Waals surface area contributed by atoms with E-state index in [-0.39, 0.29) is 15.9 Å². The lowest BCUT2D eigenvalue weighted by Crippen LogP contribution is -2.19. The van der Waals surface area contributed by atoms with Crippen LogP contribution in [0.2, 0.25) is 0 Å². The van der Waals surface area contributed by atoms with E-state index in [1.54, 1.807) is 30.3 Å². The largest absolute Gasteiger partial charge is 0.333 e. The summed E-state index contributed by atoms with van der Waals surface area (Å²) >= 11 is 1.16. The summed E-state index contributed by atoms with van der Waals surface area (Å²) in [5.74, 6) is -0.0136. The van der Waals surface area contributed by atoms with Crippen LogP contribution in [0.4, 0.5) is 10.1 Å². The van der Waals surface area contributed by atoms with E-state index < -0.39 is 10.0 Å². The first-order valence-corrected chi connectivity index (χ1v) is 8.97. The van der Waals surface area contributed by atoms with Gasteiger partial charge in [0.2, 0.25) is 0 Å². The zero-order valence-electron chi connectivity index (χ0n) is 11.7. The average molecular weight is 336 g/mol. The number of aryl methyl sites for hydroxylation is 1. The Kier molecular flexibility index (Phi) is 3.92. The van der Waals surface area contributed by atoms with Crippen LogP contribution in [0.3, 0.4) is 0 Å². The number of hydrogen-bond donors (Lipinski definition) is 1. The zero-order chi connectivity index (χ0) is 15.7. The summed E-state index contributed by atoms with van der Waals surface area (Å²) in [5, 5.41) is 3.25. The Balaban J connectivity index is 1.85. The molecule has 2 aromatic carbocycles. The first-order chi connectivity index (χ1) is 10.5. The van der Waals surface area contributed by atoms with Gasteiger partial charge in [-0.15, -0.1) is 4.40 Å². The maximum Gasteiger partial charge on any atom is 0.286 e. The molecule has 0 bridgehead atoms. The standard InChI is InChI=1S/C15H13FN2O2S2/c1-10-6-7-14-13(8-10)17-15(18-22(14,19)20)21-9-11-4-2-3-5-12(11)16/h2-8H,9H2,1H3,(H,17,18). The maximum absolute atomic E-state index is 13.6. The van der Waals surface area contributed by atoms with Crippen LogP contribution < -0.4 is 5.32 Å². The molecule has 1 aliphatic heterocycles. The van der Waals surface area contributed by atoms with E-state index in [0.717, 1.165) is 17.3 Å². The number of nitrogens with zero attached hydrogens (tertiary/aromatic N) is 1. The Morgan fingerprint density at radius 2 is 2.00 bits per heavy atom. The molecule has 0 unspecified atom stereocenters. The highest BCUT2D eigenvalue weighted by molar-refractivity contribution is 8.14. The molecule has 0 saturated carbocycles. The molecule has 1 aliphatic rings. The molecule has 1 N–H and O–H groups in total. The van der Waals surface area contributed by atoms with E-state index in [0.29, 0.717) is 17.0 Å². The van der Waals surface area contributed by atoms with Gasteiger partial charge >= 0.3 is 0 Å². The van der Waals surface area contributed by atoms with Crippen molar-refractivity contribution in [1.29, 1.82) is 0 Å². The average Bonchev–Trinajstić information content (AvgIpc) is 2.45. The number of hydrogen-bond acceptors (Lipinski definition) is 4. The van der Waals surface area contributed by atoms with Crippen molar-refractivity contribution in [2.75, 3.05) is 5.32 Å². The van der Waals surface area contributed by atoms with Crippen LogP contribution in [0, 0.1) is 12.7 Å². The van der Waals surface area contributed by atoms with Gasteiger partial charge in [-0.3, -0.25) is 0 Å². The van der Waals surface area contributed by atoms with Gasteiger partial charge in [-0.05, 0) is 36.2 Å². The van der Waals surface area contributed by atoms with Crippen LogP contribution >= 0.6 is 11.8 Å². The fourth-order valence-corrected chi connectivity index (χ4v) is 4.29. The van der Waals surface area contributed by atoms with Crippen molar-refractivity contribution < 1.29 is 12.8 Å². The molecule has 0 amide bonds. The SMILES string of the molecule is Cc1ccc2c(c1)NC(SCc1ccccc1F)=NS2(=O)=O. The minimum atomic E-state index is -3.71. The van der Waals surface area contributed by atoms with Gasteiger partial charge < -0.3 is 5.32 Å². The molecule has 0 spiro atoms. The molecule has 7 heteroatoms. The number of fused-ring (bicyclic) bond motifs is 1. The van der Waals surface area contributed by atoms with Gasteiger partial charge in [-0.1, -0.05) is 36.0 Å². The molecule has 0 atom stereocenters. The molecule has 2 aromatic rings. The van der Waals surface area contributed by atoms with Crippen molar-refractivity contribution >= 4 is 32.6 Å². The first kappa shape index (κ1) is 15.1. The number of halogens is 1. The predicted molar refractivity (Wildman–Crippen MR) is 87.1 cm³/mol. The van der Waals surface area contributed by atoms with Crippen LogP contribution in [0.15, 0.2) is 51.8 Å². The van der Waals surface area contributed by atoms with Gasteiger partial charge in [0.1, 0.15) is 10.7 Å². The number of nitrogens with one attached hydrogen (secondary N) is 1. The summed E-state index contributed by atoms with van der Waals surface area (Å²) in [6, 6.07) is 11.4. The van der Waals surface area contributed by atoms with E-state index in [4.69, 9.17) is 0 Å². The Morgan fingerprint density at radius 3 is 2.77 bits per heavy atom. The van der Waals surface area contributed by atoms with Crippen LogP contribution in [-0.4, -0.2) is 13.6 Å². The van der Waals surface area contributed by atoms with E-state index in [1.165, 1.54) is 12.1 Å². The predicted octanol–water partition coefficient (Wildman–Crippen LogP) is 3.54. The monoisotopic (exact) mass is 336 g/mol. The number of sulfonamides is 1. The Morgan fingerprint density at radius 1 is 1.23 bits per heavy atom. The second-order valence-electron chi connectivity index (χ2n) is 4.88. The molecule has 1 heterocycles. The zero-order valence-corrected chi connectivity index (χ0v) is 13.3. The Labute approximate surface area is 132 Å². The quantitative estimate of drug-likeness (QED) is 0.911. The lowest BCUT2D eigenvalue weighted by atomic mass is 10.2. The molecule has 4 nitrogen and oxygen atoms in total. The normalized spacial score (nSPS) is 15.6. The van der Waals surface area contributed by atoms with E-state index in [9.17, 15) is 12.8 Å². The first-order valence-electron chi connectivity index (χ1n) is 6.54. The number of rotatable bonds is 2. The van der Waals surface area contributed by atoms with Gasteiger partial charge in [-0.2, -0.15) is 8.42 Å². The Bertz CT molecular complexity index is 864. The highest BCUT2D eigenvalue weighted by Gasteiger charge is 2.25. The summed E-state index contributed by atoms with van der Waals surface area (Å²) in [6.07, 6.45) is 0. The Hall–Kier alpha value is -1.86. The molecular weight excluding hydrogens is 323 g/mol. The summed E-state index contributed by atoms with van der Waals surface area (Å²) < 4.78 is 41.7. The van der Waals surface area contributed by atoms with Crippen molar-refractivity contribution in [3.05, 3.63) is 59.4 Å². The fraction of sp³-hybridized carbons (Fsp3) is 0.133. The van der Waals surface area contributed by atoms with Gasteiger partial charge in [0, 0.05) is 5.75 Å². The number of thioether (sulfide) groups is 1. The van der Waals surface area contributed by atoms with Crippen LogP contribution in [0.1, 0.15) is 11.1 Å². The fourth-order valence-electron chi connectivity index (χ4n) is 2.09. The van der Waals surface area contributed by atoms with Crippen LogP contribution in [0.5, 0.6) is 0 Å². The van der Waals surface area contributed by atoms with Gasteiger partial charge in [-0.25, -0.2) is 4.39 Å². The lowest BCUT2D eigenvalue weighted by Gasteiger charge is -2.18. The molecule has 0 aliphatic carbocycles. The van der Waals surface area contributed by atoms with Crippen molar-refractivity contribution in [2.45, 2.75) is 17.6 Å². The molecule has 22 heavy (non-hydrogen) atoms. The van der Waals surface area contributed by atoms with Crippen molar-refractivity contribution in [1.82, 2.24) is 0 Å². The molecular formula is C15H13FN2O2S2. The minimum Gasteiger partial charge on any atom is -0.333 e.